The summed E-state index contributed by atoms with van der Waals surface area (Å²) in [4.78, 5) is 18.7. The minimum Gasteiger partial charge on any atom is -0.375 e. The van der Waals surface area contributed by atoms with Crippen LogP contribution in [-0.4, -0.2) is 50.9 Å². The highest BCUT2D eigenvalue weighted by Gasteiger charge is 2.32. The van der Waals surface area contributed by atoms with Crippen LogP contribution in [-0.2, 0) is 17.9 Å². The van der Waals surface area contributed by atoms with Crippen LogP contribution in [0.25, 0.3) is 0 Å². The second-order valence-electron chi connectivity index (χ2n) is 5.25. The largest absolute Gasteiger partial charge is 0.375 e. The van der Waals surface area contributed by atoms with Crippen molar-refractivity contribution in [2.75, 3.05) is 20.2 Å². The molecule has 3 heterocycles. The Bertz CT molecular complexity index is 650. The zero-order valence-electron chi connectivity index (χ0n) is 12.7. The zero-order chi connectivity index (χ0) is 15.5. The average Bonchev–Trinajstić information content (AvgIpc) is 3.26. The van der Waals surface area contributed by atoms with Crippen molar-refractivity contribution in [2.24, 2.45) is 0 Å². The van der Waals surface area contributed by atoms with Gasteiger partial charge in [0.05, 0.1) is 0 Å². The quantitative estimate of drug-likeness (QED) is 0.821. The molecule has 1 unspecified atom stereocenters. The van der Waals surface area contributed by atoms with Crippen LogP contribution in [0, 0.1) is 0 Å². The van der Waals surface area contributed by atoms with Gasteiger partial charge < -0.3 is 14.2 Å². The van der Waals surface area contributed by atoms with E-state index in [4.69, 9.17) is 9.26 Å². The lowest BCUT2D eigenvalue weighted by molar-refractivity contribution is 0.0778. The maximum absolute atomic E-state index is 12.6. The first kappa shape index (κ1) is 14.7. The number of likely N-dealkylation sites (tertiary alicyclic amines) is 1. The molecular formula is C14H19N5O3. The van der Waals surface area contributed by atoms with Gasteiger partial charge in [-0.05, 0) is 19.4 Å². The highest BCUT2D eigenvalue weighted by molar-refractivity contribution is 5.92. The maximum Gasteiger partial charge on any atom is 0.272 e. The summed E-state index contributed by atoms with van der Waals surface area (Å²) in [5.74, 6) is 1.22. The first-order chi connectivity index (χ1) is 10.7. The van der Waals surface area contributed by atoms with Crippen molar-refractivity contribution < 1.29 is 14.1 Å². The molecule has 1 amide bonds. The van der Waals surface area contributed by atoms with Gasteiger partial charge in [0.2, 0.25) is 0 Å². The monoisotopic (exact) mass is 305 g/mol. The lowest BCUT2D eigenvalue weighted by atomic mass is 10.1. The molecule has 1 fully saturated rings. The topological polar surface area (TPSA) is 86.3 Å². The first-order valence-corrected chi connectivity index (χ1v) is 7.35. The molecule has 0 N–H and O–H groups in total. The van der Waals surface area contributed by atoms with Crippen LogP contribution >= 0.6 is 0 Å². The minimum atomic E-state index is 0.00228. The molecule has 0 saturated carbocycles. The van der Waals surface area contributed by atoms with Crippen LogP contribution in [0.1, 0.15) is 41.5 Å². The Morgan fingerprint density at radius 2 is 2.41 bits per heavy atom. The third-order valence-corrected chi connectivity index (χ3v) is 3.83. The zero-order valence-corrected chi connectivity index (χ0v) is 12.7. The van der Waals surface area contributed by atoms with Gasteiger partial charge in [-0.15, -0.1) is 0 Å². The van der Waals surface area contributed by atoms with Crippen molar-refractivity contribution in [3.05, 3.63) is 29.7 Å². The van der Waals surface area contributed by atoms with E-state index in [1.54, 1.807) is 24.1 Å². The number of carbonyl (C=O) groups excluding carboxylic acids is 1. The normalized spacial score (nSPS) is 18.1. The van der Waals surface area contributed by atoms with E-state index in [0.717, 1.165) is 6.42 Å². The van der Waals surface area contributed by atoms with Gasteiger partial charge in [0.25, 0.3) is 11.8 Å². The predicted molar refractivity (Wildman–Crippen MR) is 76.2 cm³/mol. The van der Waals surface area contributed by atoms with Crippen LogP contribution in [0.3, 0.4) is 0 Å². The van der Waals surface area contributed by atoms with Crippen LogP contribution in [0.5, 0.6) is 0 Å². The molecule has 1 aliphatic heterocycles. The molecule has 118 valence electrons. The average molecular weight is 305 g/mol. The van der Waals surface area contributed by atoms with Gasteiger partial charge in [0, 0.05) is 38.9 Å². The predicted octanol–water partition coefficient (Wildman–Crippen LogP) is 1.06. The molecule has 0 spiro atoms. The van der Waals surface area contributed by atoms with Gasteiger partial charge >= 0.3 is 0 Å². The van der Waals surface area contributed by atoms with Crippen LogP contribution in [0.2, 0.25) is 0 Å². The lowest BCUT2D eigenvalue weighted by Crippen LogP contribution is -2.30. The van der Waals surface area contributed by atoms with E-state index in [0.29, 0.717) is 43.7 Å². The SMILES string of the molecule is CCn1nccc1C(=O)N1CCC(c2noc(COC)n2)C1. The number of carbonyl (C=O) groups is 1. The molecule has 8 nitrogen and oxygen atoms in total. The second kappa shape index (κ2) is 6.27. The molecule has 1 aliphatic rings. The number of amides is 1. The smallest absolute Gasteiger partial charge is 0.272 e. The van der Waals surface area contributed by atoms with Gasteiger partial charge in [-0.3, -0.25) is 9.48 Å². The molecule has 0 radical (unpaired) electrons. The maximum atomic E-state index is 12.6. The summed E-state index contributed by atoms with van der Waals surface area (Å²) in [5, 5.41) is 8.13. The number of aromatic nitrogens is 4. The van der Waals surface area contributed by atoms with Crippen molar-refractivity contribution in [1.29, 1.82) is 0 Å². The van der Waals surface area contributed by atoms with Crippen molar-refractivity contribution >= 4 is 5.91 Å². The molecule has 1 atom stereocenters. The van der Waals surface area contributed by atoms with Crippen LogP contribution in [0.15, 0.2) is 16.8 Å². The molecule has 8 heteroatoms. The molecular weight excluding hydrogens is 286 g/mol. The highest BCUT2D eigenvalue weighted by Crippen LogP contribution is 2.26. The molecule has 0 aromatic carbocycles. The number of rotatable bonds is 5. The van der Waals surface area contributed by atoms with E-state index in [9.17, 15) is 4.79 Å². The van der Waals surface area contributed by atoms with E-state index in [1.165, 1.54) is 0 Å². The van der Waals surface area contributed by atoms with E-state index in [-0.39, 0.29) is 11.8 Å². The Hall–Kier alpha value is -2.22. The van der Waals surface area contributed by atoms with Crippen LogP contribution < -0.4 is 0 Å². The van der Waals surface area contributed by atoms with Crippen LogP contribution in [0.4, 0.5) is 0 Å². The summed E-state index contributed by atoms with van der Waals surface area (Å²) in [6.07, 6.45) is 2.48. The number of methoxy groups -OCH3 is 1. The Morgan fingerprint density at radius 3 is 3.18 bits per heavy atom. The molecule has 22 heavy (non-hydrogen) atoms. The van der Waals surface area contributed by atoms with Crippen molar-refractivity contribution in [3.8, 4) is 0 Å². The summed E-state index contributed by atoms with van der Waals surface area (Å²) in [7, 11) is 1.58. The second-order valence-corrected chi connectivity index (χ2v) is 5.25. The van der Waals surface area contributed by atoms with Crippen molar-refractivity contribution in [2.45, 2.75) is 32.4 Å². The highest BCUT2D eigenvalue weighted by atomic mass is 16.5. The molecule has 0 aliphatic carbocycles. The molecule has 1 saturated heterocycles. The van der Waals surface area contributed by atoms with E-state index >= 15 is 0 Å². The number of nitrogens with zero attached hydrogens (tertiary/aromatic N) is 5. The standard InChI is InChI=1S/C14H19N5O3/c1-3-19-11(4-6-15-19)14(20)18-7-5-10(8-18)13-16-12(9-21-2)22-17-13/h4,6,10H,3,5,7-9H2,1-2H3. The number of aryl methyl sites for hydroxylation is 1. The summed E-state index contributed by atoms with van der Waals surface area (Å²) in [5.41, 5.74) is 0.622. The summed E-state index contributed by atoms with van der Waals surface area (Å²) >= 11 is 0. The number of hydrogen-bond donors (Lipinski definition) is 0. The van der Waals surface area contributed by atoms with Crippen molar-refractivity contribution in [3.63, 3.8) is 0 Å². The summed E-state index contributed by atoms with van der Waals surface area (Å²) in [6, 6.07) is 1.75. The third kappa shape index (κ3) is 2.74. The Balaban J connectivity index is 1.67. The van der Waals surface area contributed by atoms with Gasteiger partial charge in [-0.2, -0.15) is 10.1 Å². The van der Waals surface area contributed by atoms with E-state index < -0.39 is 0 Å². The Morgan fingerprint density at radius 1 is 1.55 bits per heavy atom. The summed E-state index contributed by atoms with van der Waals surface area (Å²) in [6.45, 7) is 4.23. The van der Waals surface area contributed by atoms with E-state index in [1.807, 2.05) is 11.8 Å². The minimum absolute atomic E-state index is 0.00228. The van der Waals surface area contributed by atoms with Gasteiger partial charge in [0.1, 0.15) is 12.3 Å². The molecule has 2 aromatic heterocycles. The lowest BCUT2D eigenvalue weighted by Gasteiger charge is -2.16. The van der Waals surface area contributed by atoms with Gasteiger partial charge in [-0.25, -0.2) is 0 Å². The van der Waals surface area contributed by atoms with E-state index in [2.05, 4.69) is 15.2 Å². The Kier molecular flexibility index (Phi) is 4.19. The molecule has 2 aromatic rings. The number of ether oxygens (including phenoxy) is 1. The fraction of sp³-hybridized carbons (Fsp3) is 0.571. The Labute approximate surface area is 128 Å². The van der Waals surface area contributed by atoms with Crippen molar-refractivity contribution in [1.82, 2.24) is 24.8 Å². The summed E-state index contributed by atoms with van der Waals surface area (Å²) < 4.78 is 11.8. The third-order valence-electron chi connectivity index (χ3n) is 3.83. The fourth-order valence-electron chi connectivity index (χ4n) is 2.70. The first-order valence-electron chi connectivity index (χ1n) is 7.35. The number of hydrogen-bond acceptors (Lipinski definition) is 6. The molecule has 3 rings (SSSR count). The van der Waals surface area contributed by atoms with Gasteiger partial charge in [0.15, 0.2) is 5.82 Å². The van der Waals surface area contributed by atoms with Gasteiger partial charge in [-0.1, -0.05) is 5.16 Å². The molecule has 0 bridgehead atoms. The fourth-order valence-corrected chi connectivity index (χ4v) is 2.70.